The molecule has 2 aliphatic carbocycles. The van der Waals surface area contributed by atoms with E-state index < -0.39 is 0 Å². The average molecular weight is 869 g/mol. The van der Waals surface area contributed by atoms with Gasteiger partial charge in [-0.1, -0.05) is 161 Å². The largest absolute Gasteiger partial charge is 0.309 e. The van der Waals surface area contributed by atoms with Crippen LogP contribution in [0.5, 0.6) is 0 Å². The van der Waals surface area contributed by atoms with Crippen molar-refractivity contribution in [3.63, 3.8) is 0 Å². The second-order valence-electron chi connectivity index (χ2n) is 20.1. The van der Waals surface area contributed by atoms with Crippen LogP contribution in [0.1, 0.15) is 49.9 Å². The second kappa shape index (κ2) is 14.2. The molecule has 68 heavy (non-hydrogen) atoms. The van der Waals surface area contributed by atoms with Gasteiger partial charge in [0.2, 0.25) is 0 Å². The summed E-state index contributed by atoms with van der Waals surface area (Å²) in [6, 6.07) is 81.6. The standard InChI is InChI=1S/C66H48N2/c1-65(2)57-37-43(41-27-33-63-55(35-41)53-19-11-13-21-61(53)67(63)47-15-7-5-8-16-47)23-29-49(57)51-31-25-45(39-59(51)65)46-26-32-52-50-30-24-44(38-58(50)66(3,4)60(52)40-46)42-28-34-64-56(36-42)54-20-12-14-22-62(54)68(64)48-17-9-6-10-18-48/h5-40H,1-4H3. The summed E-state index contributed by atoms with van der Waals surface area (Å²) in [5.74, 6) is 0. The molecule has 0 N–H and O–H groups in total. The summed E-state index contributed by atoms with van der Waals surface area (Å²) in [6.45, 7) is 9.62. The zero-order valence-electron chi connectivity index (χ0n) is 38.7. The van der Waals surface area contributed by atoms with E-state index in [1.807, 2.05) is 0 Å². The van der Waals surface area contributed by atoms with Gasteiger partial charge in [0, 0.05) is 43.7 Å². The molecule has 0 bridgehead atoms. The molecule has 14 rings (SSSR count). The number of rotatable bonds is 5. The van der Waals surface area contributed by atoms with Crippen LogP contribution < -0.4 is 0 Å². The van der Waals surface area contributed by atoms with Crippen LogP contribution in [-0.2, 0) is 10.8 Å². The van der Waals surface area contributed by atoms with Crippen LogP contribution in [-0.4, -0.2) is 9.13 Å². The van der Waals surface area contributed by atoms with Gasteiger partial charge in [-0.05, 0) is 163 Å². The van der Waals surface area contributed by atoms with Gasteiger partial charge in [0.05, 0.1) is 22.1 Å². The Bertz CT molecular complexity index is 3800. The Hall–Kier alpha value is -8.20. The van der Waals surface area contributed by atoms with E-state index in [4.69, 9.17) is 0 Å². The molecule has 2 heteroatoms. The molecule has 322 valence electrons. The number of aromatic nitrogens is 2. The smallest absolute Gasteiger partial charge is 0.0541 e. The van der Waals surface area contributed by atoms with Crippen LogP contribution in [0.4, 0.5) is 0 Å². The van der Waals surface area contributed by atoms with Crippen molar-refractivity contribution in [2.24, 2.45) is 0 Å². The fourth-order valence-electron chi connectivity index (χ4n) is 12.2. The third kappa shape index (κ3) is 5.52. The van der Waals surface area contributed by atoms with Crippen molar-refractivity contribution in [1.82, 2.24) is 9.13 Å². The summed E-state index contributed by atoms with van der Waals surface area (Å²) in [4.78, 5) is 0. The van der Waals surface area contributed by atoms with E-state index >= 15 is 0 Å². The van der Waals surface area contributed by atoms with Crippen molar-refractivity contribution >= 4 is 43.6 Å². The minimum atomic E-state index is -0.160. The van der Waals surface area contributed by atoms with Gasteiger partial charge in [0.25, 0.3) is 0 Å². The van der Waals surface area contributed by atoms with E-state index in [0.717, 1.165) is 0 Å². The van der Waals surface area contributed by atoms with Crippen molar-refractivity contribution < 1.29 is 0 Å². The highest BCUT2D eigenvalue weighted by molar-refractivity contribution is 6.12. The molecule has 0 spiro atoms. The molecule has 0 saturated carbocycles. The molecular weight excluding hydrogens is 821 g/mol. The topological polar surface area (TPSA) is 9.86 Å². The number of fused-ring (bicyclic) bond motifs is 12. The fourth-order valence-corrected chi connectivity index (χ4v) is 12.2. The Kier molecular flexibility index (Phi) is 8.12. The molecule has 0 unspecified atom stereocenters. The summed E-state index contributed by atoms with van der Waals surface area (Å²) in [5.41, 5.74) is 25.4. The summed E-state index contributed by atoms with van der Waals surface area (Å²) in [7, 11) is 0. The van der Waals surface area contributed by atoms with E-state index in [-0.39, 0.29) is 10.8 Å². The third-order valence-electron chi connectivity index (χ3n) is 15.7. The van der Waals surface area contributed by atoms with Crippen LogP contribution in [0, 0.1) is 0 Å². The first-order valence-corrected chi connectivity index (χ1v) is 24.0. The van der Waals surface area contributed by atoms with E-state index in [0.29, 0.717) is 0 Å². The lowest BCUT2D eigenvalue weighted by Crippen LogP contribution is -2.15. The van der Waals surface area contributed by atoms with Gasteiger partial charge in [0.15, 0.2) is 0 Å². The molecule has 2 heterocycles. The van der Waals surface area contributed by atoms with Gasteiger partial charge in [-0.15, -0.1) is 0 Å². The minimum absolute atomic E-state index is 0.160. The Balaban J connectivity index is 0.789. The molecule has 2 nitrogen and oxygen atoms in total. The quantitative estimate of drug-likeness (QED) is 0.163. The van der Waals surface area contributed by atoms with Crippen LogP contribution in [0.2, 0.25) is 0 Å². The van der Waals surface area contributed by atoms with Crippen molar-refractivity contribution in [3.8, 4) is 67.0 Å². The maximum absolute atomic E-state index is 2.47. The Morgan fingerprint density at radius 3 is 0.882 bits per heavy atom. The molecule has 2 aliphatic rings. The minimum Gasteiger partial charge on any atom is -0.309 e. The van der Waals surface area contributed by atoms with Crippen LogP contribution in [0.15, 0.2) is 218 Å². The van der Waals surface area contributed by atoms with Crippen LogP contribution in [0.3, 0.4) is 0 Å². The first-order chi connectivity index (χ1) is 33.2. The van der Waals surface area contributed by atoms with Crippen LogP contribution in [0.25, 0.3) is 111 Å². The number of hydrogen-bond donors (Lipinski definition) is 0. The SMILES string of the molecule is CC1(C)c2cc(-c3ccc4c(c3)C(C)(C)c3cc(-c5ccc6c(c5)c5ccccc5n6-c5ccccc5)ccc3-4)ccc2-c2ccc(-c3ccc4c(c3)c3ccccc3n4-c3ccccc3)cc21. The second-order valence-corrected chi connectivity index (χ2v) is 20.1. The van der Waals surface area contributed by atoms with E-state index in [1.165, 1.54) is 133 Å². The van der Waals surface area contributed by atoms with E-state index in [2.05, 4.69) is 255 Å². The molecular formula is C66H48N2. The van der Waals surface area contributed by atoms with Crippen molar-refractivity contribution in [1.29, 1.82) is 0 Å². The Labute approximate surface area is 397 Å². The molecule has 0 atom stereocenters. The lowest BCUT2D eigenvalue weighted by molar-refractivity contribution is 0.660. The Morgan fingerprint density at radius 2 is 0.529 bits per heavy atom. The average Bonchev–Trinajstić information content (AvgIpc) is 4.04. The summed E-state index contributed by atoms with van der Waals surface area (Å²) >= 11 is 0. The zero-order valence-corrected chi connectivity index (χ0v) is 38.7. The first-order valence-electron chi connectivity index (χ1n) is 24.0. The maximum atomic E-state index is 2.47. The van der Waals surface area contributed by atoms with E-state index in [9.17, 15) is 0 Å². The summed E-state index contributed by atoms with van der Waals surface area (Å²) < 4.78 is 4.78. The van der Waals surface area contributed by atoms with Crippen LogP contribution >= 0.6 is 0 Å². The molecule has 0 aliphatic heterocycles. The normalized spacial score (nSPS) is 14.1. The van der Waals surface area contributed by atoms with Gasteiger partial charge in [-0.2, -0.15) is 0 Å². The lowest BCUT2D eigenvalue weighted by atomic mass is 9.79. The molecule has 12 aromatic rings. The third-order valence-corrected chi connectivity index (χ3v) is 15.7. The number of nitrogens with zero attached hydrogens (tertiary/aromatic N) is 2. The molecule has 0 saturated heterocycles. The summed E-state index contributed by atoms with van der Waals surface area (Å²) in [5, 5.41) is 5.10. The predicted octanol–water partition coefficient (Wildman–Crippen LogP) is 17.5. The first kappa shape index (κ1) is 39.0. The molecule has 0 fully saturated rings. The molecule has 10 aromatic carbocycles. The highest BCUT2D eigenvalue weighted by atomic mass is 15.0. The van der Waals surface area contributed by atoms with Gasteiger partial charge in [-0.3, -0.25) is 0 Å². The maximum Gasteiger partial charge on any atom is 0.0541 e. The number of hydrogen-bond acceptors (Lipinski definition) is 0. The van der Waals surface area contributed by atoms with Gasteiger partial charge < -0.3 is 9.13 Å². The van der Waals surface area contributed by atoms with Crippen molar-refractivity contribution in [2.45, 2.75) is 38.5 Å². The molecule has 2 aromatic heterocycles. The monoisotopic (exact) mass is 868 g/mol. The van der Waals surface area contributed by atoms with Crippen molar-refractivity contribution in [2.75, 3.05) is 0 Å². The van der Waals surface area contributed by atoms with Crippen molar-refractivity contribution in [3.05, 3.63) is 241 Å². The summed E-state index contributed by atoms with van der Waals surface area (Å²) in [6.07, 6.45) is 0. The highest BCUT2D eigenvalue weighted by Crippen LogP contribution is 2.53. The van der Waals surface area contributed by atoms with Gasteiger partial charge in [-0.25, -0.2) is 0 Å². The Morgan fingerprint density at radius 1 is 0.250 bits per heavy atom. The molecule has 0 radical (unpaired) electrons. The fraction of sp³-hybridized carbons (Fsp3) is 0.0909. The number of para-hydroxylation sites is 4. The molecule has 0 amide bonds. The predicted molar refractivity (Wildman–Crippen MR) is 287 cm³/mol. The highest BCUT2D eigenvalue weighted by Gasteiger charge is 2.38. The zero-order chi connectivity index (χ0) is 45.5. The van der Waals surface area contributed by atoms with Gasteiger partial charge >= 0.3 is 0 Å². The van der Waals surface area contributed by atoms with E-state index in [1.54, 1.807) is 0 Å². The lowest BCUT2D eigenvalue weighted by Gasteiger charge is -2.24. The number of benzene rings is 10. The van der Waals surface area contributed by atoms with Gasteiger partial charge in [0.1, 0.15) is 0 Å².